The van der Waals surface area contributed by atoms with Gasteiger partial charge in [-0.05, 0) is 74.6 Å². The molecule has 25 heavy (non-hydrogen) atoms. The maximum atomic E-state index is 12.8. The molecule has 1 aliphatic rings. The minimum absolute atomic E-state index is 0.0288. The number of halogens is 3. The molecule has 0 saturated carbocycles. The standard InChI is InChI=1S/C16H19Br3N2O4/c1-16(2,3)25-15(24)21-6-4-20(5-7-21)14(23)11-9(17)8-10(18)13(22)12(11)19/h8,22H,4-7H2,1-3H3. The van der Waals surface area contributed by atoms with Gasteiger partial charge >= 0.3 is 6.09 Å². The van der Waals surface area contributed by atoms with Gasteiger partial charge in [-0.3, -0.25) is 4.79 Å². The van der Waals surface area contributed by atoms with Crippen LogP contribution in [0.25, 0.3) is 0 Å². The third-order valence-corrected chi connectivity index (χ3v) is 5.58. The van der Waals surface area contributed by atoms with E-state index in [0.29, 0.717) is 45.2 Å². The quantitative estimate of drug-likeness (QED) is 0.572. The summed E-state index contributed by atoms with van der Waals surface area (Å²) in [6, 6.07) is 1.63. The van der Waals surface area contributed by atoms with E-state index in [-0.39, 0.29) is 17.7 Å². The predicted octanol–water partition coefficient (Wildman–Crippen LogP) is 4.37. The molecule has 0 aromatic heterocycles. The summed E-state index contributed by atoms with van der Waals surface area (Å²) in [5, 5.41) is 10.0. The average Bonchev–Trinajstić information content (AvgIpc) is 2.51. The summed E-state index contributed by atoms with van der Waals surface area (Å²) >= 11 is 9.87. The Bertz CT molecular complexity index is 696. The zero-order chi connectivity index (χ0) is 18.9. The Morgan fingerprint density at radius 3 is 2.08 bits per heavy atom. The molecule has 1 aromatic rings. The molecule has 1 fully saturated rings. The predicted molar refractivity (Wildman–Crippen MR) is 105 cm³/mol. The van der Waals surface area contributed by atoms with Crippen molar-refractivity contribution in [1.29, 1.82) is 0 Å². The molecule has 0 aliphatic carbocycles. The van der Waals surface area contributed by atoms with E-state index in [0.717, 1.165) is 0 Å². The third-order valence-electron chi connectivity index (χ3n) is 3.58. The van der Waals surface area contributed by atoms with Crippen LogP contribution in [-0.4, -0.2) is 58.7 Å². The largest absolute Gasteiger partial charge is 0.506 e. The van der Waals surface area contributed by atoms with E-state index in [9.17, 15) is 14.7 Å². The average molecular weight is 543 g/mol. The molecule has 6 nitrogen and oxygen atoms in total. The number of carbonyl (C=O) groups excluding carboxylic acids is 2. The number of aromatic hydroxyl groups is 1. The van der Waals surface area contributed by atoms with E-state index >= 15 is 0 Å². The van der Waals surface area contributed by atoms with Crippen molar-refractivity contribution in [3.8, 4) is 5.75 Å². The van der Waals surface area contributed by atoms with Gasteiger partial charge in [0.2, 0.25) is 0 Å². The number of piperazine rings is 1. The fraction of sp³-hybridized carbons (Fsp3) is 0.500. The molecule has 9 heteroatoms. The summed E-state index contributed by atoms with van der Waals surface area (Å²) in [7, 11) is 0. The Morgan fingerprint density at radius 2 is 1.56 bits per heavy atom. The molecule has 1 aromatic carbocycles. The number of nitrogens with zero attached hydrogens (tertiary/aromatic N) is 2. The molecule has 0 atom stereocenters. The lowest BCUT2D eigenvalue weighted by Crippen LogP contribution is -2.51. The van der Waals surface area contributed by atoms with Crippen molar-refractivity contribution in [3.63, 3.8) is 0 Å². The first-order valence-corrected chi connectivity index (χ1v) is 10.0. The van der Waals surface area contributed by atoms with Gasteiger partial charge in [-0.25, -0.2) is 4.79 Å². The fourth-order valence-electron chi connectivity index (χ4n) is 2.35. The normalized spacial score (nSPS) is 15.3. The number of amides is 2. The maximum Gasteiger partial charge on any atom is 0.410 e. The molecule has 1 aliphatic heterocycles. The summed E-state index contributed by atoms with van der Waals surface area (Å²) in [6.45, 7) is 7.05. The molecular weight excluding hydrogens is 524 g/mol. The van der Waals surface area contributed by atoms with Gasteiger partial charge in [0.25, 0.3) is 5.91 Å². The van der Waals surface area contributed by atoms with Crippen LogP contribution >= 0.6 is 47.8 Å². The number of phenolic OH excluding ortho intramolecular Hbond substituents is 1. The molecule has 1 saturated heterocycles. The summed E-state index contributed by atoms with van der Waals surface area (Å²) in [5.74, 6) is -0.246. The van der Waals surface area contributed by atoms with Gasteiger partial charge in [-0.1, -0.05) is 0 Å². The second kappa shape index (κ2) is 7.84. The minimum Gasteiger partial charge on any atom is -0.506 e. The maximum absolute atomic E-state index is 12.8. The van der Waals surface area contributed by atoms with Gasteiger partial charge < -0.3 is 19.6 Å². The molecular formula is C16H19Br3N2O4. The van der Waals surface area contributed by atoms with Crippen LogP contribution < -0.4 is 0 Å². The molecule has 138 valence electrons. The van der Waals surface area contributed by atoms with Crippen LogP contribution in [0, 0.1) is 0 Å². The van der Waals surface area contributed by atoms with Crippen molar-refractivity contribution in [2.75, 3.05) is 26.2 Å². The van der Waals surface area contributed by atoms with Crippen LogP contribution in [-0.2, 0) is 4.74 Å². The molecule has 0 bridgehead atoms. The van der Waals surface area contributed by atoms with Crippen LogP contribution in [0.4, 0.5) is 4.79 Å². The van der Waals surface area contributed by atoms with Gasteiger partial charge in [0.1, 0.15) is 11.4 Å². The molecule has 0 radical (unpaired) electrons. The third kappa shape index (κ3) is 4.89. The van der Waals surface area contributed by atoms with Crippen molar-refractivity contribution in [1.82, 2.24) is 9.80 Å². The monoisotopic (exact) mass is 540 g/mol. The number of carbonyl (C=O) groups is 2. The van der Waals surface area contributed by atoms with Crippen molar-refractivity contribution in [2.45, 2.75) is 26.4 Å². The number of phenols is 1. The summed E-state index contributed by atoms with van der Waals surface area (Å²) in [4.78, 5) is 28.2. The lowest BCUT2D eigenvalue weighted by atomic mass is 10.1. The molecule has 2 rings (SSSR count). The second-order valence-corrected chi connectivity index (χ2v) is 9.14. The lowest BCUT2D eigenvalue weighted by molar-refractivity contribution is 0.0140. The number of hydrogen-bond acceptors (Lipinski definition) is 4. The Labute approximate surface area is 171 Å². The molecule has 0 unspecified atom stereocenters. The highest BCUT2D eigenvalue weighted by Crippen LogP contribution is 2.40. The van der Waals surface area contributed by atoms with Gasteiger partial charge in [0.05, 0.1) is 14.5 Å². The highest BCUT2D eigenvalue weighted by atomic mass is 79.9. The number of hydrogen-bond donors (Lipinski definition) is 1. The van der Waals surface area contributed by atoms with E-state index in [2.05, 4.69) is 47.8 Å². The van der Waals surface area contributed by atoms with E-state index in [1.54, 1.807) is 15.9 Å². The number of rotatable bonds is 1. The molecule has 1 N–H and O–H groups in total. The Kier molecular flexibility index (Phi) is 6.43. The van der Waals surface area contributed by atoms with E-state index in [4.69, 9.17) is 4.74 Å². The van der Waals surface area contributed by atoms with Gasteiger partial charge in [-0.2, -0.15) is 0 Å². The first-order valence-electron chi connectivity index (χ1n) is 7.65. The smallest absolute Gasteiger partial charge is 0.410 e. The second-order valence-electron chi connectivity index (χ2n) is 6.64. The minimum atomic E-state index is -0.547. The lowest BCUT2D eigenvalue weighted by Gasteiger charge is -2.35. The van der Waals surface area contributed by atoms with Crippen LogP contribution in [0.3, 0.4) is 0 Å². The Balaban J connectivity index is 2.08. The zero-order valence-electron chi connectivity index (χ0n) is 14.1. The topological polar surface area (TPSA) is 70.1 Å². The zero-order valence-corrected chi connectivity index (χ0v) is 18.9. The number of benzene rings is 1. The van der Waals surface area contributed by atoms with Crippen LogP contribution in [0.15, 0.2) is 19.5 Å². The summed E-state index contributed by atoms with van der Waals surface area (Å²) in [6.07, 6.45) is -0.372. The highest BCUT2D eigenvalue weighted by Gasteiger charge is 2.30. The van der Waals surface area contributed by atoms with E-state index in [1.165, 1.54) is 0 Å². The van der Waals surface area contributed by atoms with Gasteiger partial charge in [0.15, 0.2) is 0 Å². The molecule has 1 heterocycles. The molecule has 0 spiro atoms. The highest BCUT2D eigenvalue weighted by molar-refractivity contribution is 9.11. The Hall–Kier alpha value is -0.800. The SMILES string of the molecule is CC(C)(C)OC(=O)N1CCN(C(=O)c2c(Br)cc(Br)c(O)c2Br)CC1. The van der Waals surface area contributed by atoms with Crippen molar-refractivity contribution in [3.05, 3.63) is 25.0 Å². The summed E-state index contributed by atoms with van der Waals surface area (Å²) < 4.78 is 6.74. The summed E-state index contributed by atoms with van der Waals surface area (Å²) in [5.41, 5.74) is -0.194. The first-order chi connectivity index (χ1) is 11.5. The van der Waals surface area contributed by atoms with Crippen molar-refractivity contribution >= 4 is 59.8 Å². The van der Waals surface area contributed by atoms with Gasteiger partial charge in [-0.15, -0.1) is 0 Å². The first kappa shape index (κ1) is 20.5. The van der Waals surface area contributed by atoms with Crippen LogP contribution in [0.5, 0.6) is 5.75 Å². The van der Waals surface area contributed by atoms with Gasteiger partial charge in [0, 0.05) is 30.7 Å². The number of ether oxygens (including phenoxy) is 1. The fourth-order valence-corrected chi connectivity index (χ4v) is 4.81. The van der Waals surface area contributed by atoms with E-state index in [1.807, 2.05) is 20.8 Å². The molecule has 2 amide bonds. The van der Waals surface area contributed by atoms with E-state index < -0.39 is 5.60 Å². The van der Waals surface area contributed by atoms with Crippen LogP contribution in [0.1, 0.15) is 31.1 Å². The van der Waals surface area contributed by atoms with Crippen molar-refractivity contribution in [2.24, 2.45) is 0 Å². The van der Waals surface area contributed by atoms with Crippen LogP contribution in [0.2, 0.25) is 0 Å². The van der Waals surface area contributed by atoms with Crippen molar-refractivity contribution < 1.29 is 19.4 Å². The Morgan fingerprint density at radius 1 is 1.04 bits per heavy atom.